The van der Waals surface area contributed by atoms with Crippen LogP contribution in [0.25, 0.3) is 17.1 Å². The van der Waals surface area contributed by atoms with Crippen molar-refractivity contribution in [2.75, 3.05) is 12.4 Å². The van der Waals surface area contributed by atoms with Crippen molar-refractivity contribution >= 4 is 11.8 Å². The van der Waals surface area contributed by atoms with Crippen LogP contribution in [0.5, 0.6) is 5.75 Å². The van der Waals surface area contributed by atoms with Crippen molar-refractivity contribution in [2.45, 2.75) is 11.3 Å². The summed E-state index contributed by atoms with van der Waals surface area (Å²) in [6.07, 6.45) is 2.66. The zero-order valence-electron chi connectivity index (χ0n) is 15.9. The van der Waals surface area contributed by atoms with Gasteiger partial charge in [0, 0.05) is 29.4 Å². The molecule has 0 fully saturated rings. The molecule has 0 amide bonds. The van der Waals surface area contributed by atoms with E-state index < -0.39 is 6.10 Å². The number of nitrogens with zero attached hydrogens (tertiary/aromatic N) is 4. The fourth-order valence-electron chi connectivity index (χ4n) is 2.80. The molecule has 0 saturated heterocycles. The summed E-state index contributed by atoms with van der Waals surface area (Å²) in [6.45, 7) is 0.166. The maximum Gasteiger partial charge on any atom is 0.196 e. The van der Waals surface area contributed by atoms with Crippen LogP contribution in [0.3, 0.4) is 0 Å². The van der Waals surface area contributed by atoms with Gasteiger partial charge in [0.2, 0.25) is 0 Å². The Bertz CT molecular complexity index is 1080. The zero-order valence-corrected chi connectivity index (χ0v) is 16.7. The van der Waals surface area contributed by atoms with Gasteiger partial charge in [0.15, 0.2) is 11.0 Å². The van der Waals surface area contributed by atoms with Gasteiger partial charge < -0.3 is 9.84 Å². The fraction of sp³-hybridized carbons (Fsp3) is 0.136. The minimum Gasteiger partial charge on any atom is -0.491 e. The SMILES string of the molecule is O[C@H](COc1ccccc1)CSc1nnc(-c2ccncc2)n1-c1ccc(F)cc1. The first-order valence-electron chi connectivity index (χ1n) is 9.31. The van der Waals surface area contributed by atoms with Crippen molar-refractivity contribution < 1.29 is 14.2 Å². The number of hydrogen-bond donors (Lipinski definition) is 1. The molecule has 152 valence electrons. The molecule has 0 spiro atoms. The van der Waals surface area contributed by atoms with E-state index in [0.717, 1.165) is 11.3 Å². The third kappa shape index (κ3) is 4.84. The van der Waals surface area contributed by atoms with Gasteiger partial charge in [-0.3, -0.25) is 9.55 Å². The number of ether oxygens (including phenoxy) is 1. The normalized spacial score (nSPS) is 11.9. The number of halogens is 1. The van der Waals surface area contributed by atoms with Gasteiger partial charge in [0.1, 0.15) is 18.2 Å². The van der Waals surface area contributed by atoms with Crippen LogP contribution in [0.15, 0.2) is 84.3 Å². The van der Waals surface area contributed by atoms with Crippen molar-refractivity contribution in [1.82, 2.24) is 19.7 Å². The molecule has 0 aliphatic rings. The van der Waals surface area contributed by atoms with Crippen molar-refractivity contribution in [3.8, 4) is 22.8 Å². The Morgan fingerprint density at radius 3 is 2.43 bits per heavy atom. The van der Waals surface area contributed by atoms with Gasteiger partial charge in [-0.15, -0.1) is 10.2 Å². The average molecular weight is 422 g/mol. The molecule has 1 atom stereocenters. The number of pyridine rings is 1. The maximum absolute atomic E-state index is 13.4. The molecule has 0 saturated carbocycles. The molecule has 0 aliphatic heterocycles. The fourth-order valence-corrected chi connectivity index (χ4v) is 3.66. The Morgan fingerprint density at radius 1 is 0.967 bits per heavy atom. The third-order valence-electron chi connectivity index (χ3n) is 4.25. The van der Waals surface area contributed by atoms with E-state index in [1.165, 1.54) is 23.9 Å². The first kappa shape index (κ1) is 20.1. The number of rotatable bonds is 8. The summed E-state index contributed by atoms with van der Waals surface area (Å²) in [7, 11) is 0. The molecule has 2 aromatic heterocycles. The van der Waals surface area contributed by atoms with Gasteiger partial charge in [-0.1, -0.05) is 30.0 Å². The second-order valence-corrected chi connectivity index (χ2v) is 7.43. The number of aliphatic hydroxyl groups excluding tert-OH is 1. The molecule has 6 nitrogen and oxygen atoms in total. The summed E-state index contributed by atoms with van der Waals surface area (Å²) < 4.78 is 20.9. The Labute approximate surface area is 177 Å². The van der Waals surface area contributed by atoms with Crippen LogP contribution in [0.2, 0.25) is 0 Å². The van der Waals surface area contributed by atoms with Crippen LogP contribution < -0.4 is 4.74 Å². The molecule has 2 aromatic carbocycles. The van der Waals surface area contributed by atoms with E-state index >= 15 is 0 Å². The molecular weight excluding hydrogens is 403 g/mol. The van der Waals surface area contributed by atoms with Gasteiger partial charge in [0.05, 0.1) is 6.10 Å². The maximum atomic E-state index is 13.4. The molecule has 30 heavy (non-hydrogen) atoms. The van der Waals surface area contributed by atoms with E-state index in [0.29, 0.717) is 22.5 Å². The van der Waals surface area contributed by atoms with Crippen LogP contribution in [-0.2, 0) is 0 Å². The van der Waals surface area contributed by atoms with Crippen LogP contribution >= 0.6 is 11.8 Å². The topological polar surface area (TPSA) is 73.1 Å². The molecule has 4 aromatic rings. The number of aromatic nitrogens is 4. The molecule has 1 N–H and O–H groups in total. The molecule has 0 aliphatic carbocycles. The van der Waals surface area contributed by atoms with Crippen LogP contribution in [0.4, 0.5) is 4.39 Å². The second kappa shape index (κ2) is 9.51. The summed E-state index contributed by atoms with van der Waals surface area (Å²) in [5, 5.41) is 19.5. The predicted molar refractivity (Wildman–Crippen MR) is 113 cm³/mol. The lowest BCUT2D eigenvalue weighted by Crippen LogP contribution is -2.20. The van der Waals surface area contributed by atoms with Crippen molar-refractivity contribution in [1.29, 1.82) is 0 Å². The number of thioether (sulfide) groups is 1. The lowest BCUT2D eigenvalue weighted by molar-refractivity contribution is 0.126. The van der Waals surface area contributed by atoms with E-state index in [2.05, 4.69) is 15.2 Å². The molecule has 8 heteroatoms. The van der Waals surface area contributed by atoms with E-state index in [1.807, 2.05) is 47.0 Å². The first-order valence-corrected chi connectivity index (χ1v) is 10.3. The predicted octanol–water partition coefficient (Wildman–Crippen LogP) is 4.00. The van der Waals surface area contributed by atoms with Crippen molar-refractivity contribution in [2.24, 2.45) is 0 Å². The first-order chi connectivity index (χ1) is 14.7. The summed E-state index contributed by atoms with van der Waals surface area (Å²) in [5.41, 5.74) is 1.56. The minimum atomic E-state index is -0.696. The summed E-state index contributed by atoms with van der Waals surface area (Å²) >= 11 is 1.35. The summed E-state index contributed by atoms with van der Waals surface area (Å²) in [4.78, 5) is 4.04. The van der Waals surface area contributed by atoms with E-state index in [1.54, 1.807) is 24.5 Å². The van der Waals surface area contributed by atoms with E-state index in [-0.39, 0.29) is 12.4 Å². The molecular formula is C22H19FN4O2S. The quantitative estimate of drug-likeness (QED) is 0.433. The summed E-state index contributed by atoms with van der Waals surface area (Å²) in [6, 6.07) is 19.1. The van der Waals surface area contributed by atoms with Crippen LogP contribution in [-0.4, -0.2) is 43.3 Å². The Hall–Kier alpha value is -3.23. The molecule has 2 heterocycles. The second-order valence-electron chi connectivity index (χ2n) is 6.44. The van der Waals surface area contributed by atoms with Gasteiger partial charge >= 0.3 is 0 Å². The molecule has 0 unspecified atom stereocenters. The van der Waals surface area contributed by atoms with Crippen LogP contribution in [0.1, 0.15) is 0 Å². The van der Waals surface area contributed by atoms with Crippen LogP contribution in [0, 0.1) is 5.82 Å². The summed E-state index contributed by atoms with van der Waals surface area (Å²) in [5.74, 6) is 1.36. The largest absolute Gasteiger partial charge is 0.491 e. The molecule has 0 radical (unpaired) electrons. The highest BCUT2D eigenvalue weighted by Gasteiger charge is 2.18. The smallest absolute Gasteiger partial charge is 0.196 e. The highest BCUT2D eigenvalue weighted by Crippen LogP contribution is 2.28. The van der Waals surface area contributed by atoms with Crippen molar-refractivity contribution in [3.05, 3.63) is 84.9 Å². The Kier molecular flexibility index (Phi) is 6.36. The lowest BCUT2D eigenvalue weighted by Gasteiger charge is -2.13. The number of para-hydroxylation sites is 1. The van der Waals surface area contributed by atoms with Crippen molar-refractivity contribution in [3.63, 3.8) is 0 Å². The number of benzene rings is 2. The molecule has 0 bridgehead atoms. The number of aliphatic hydroxyl groups is 1. The monoisotopic (exact) mass is 422 g/mol. The Balaban J connectivity index is 1.52. The van der Waals surface area contributed by atoms with E-state index in [4.69, 9.17) is 4.74 Å². The number of hydrogen-bond acceptors (Lipinski definition) is 6. The highest BCUT2D eigenvalue weighted by molar-refractivity contribution is 7.99. The van der Waals surface area contributed by atoms with Gasteiger partial charge in [-0.2, -0.15) is 0 Å². The lowest BCUT2D eigenvalue weighted by atomic mass is 10.2. The zero-order chi connectivity index (χ0) is 20.8. The standard InChI is InChI=1S/C22H19FN4O2S/c23-17-6-8-18(9-7-17)27-21(16-10-12-24-13-11-16)25-26-22(27)30-15-19(28)14-29-20-4-2-1-3-5-20/h1-13,19,28H,14-15H2/t19-/m1/s1. The van der Waals surface area contributed by atoms with Gasteiger partial charge in [-0.05, 0) is 48.5 Å². The Morgan fingerprint density at radius 2 is 1.70 bits per heavy atom. The van der Waals surface area contributed by atoms with Gasteiger partial charge in [0.25, 0.3) is 0 Å². The van der Waals surface area contributed by atoms with Gasteiger partial charge in [-0.25, -0.2) is 4.39 Å². The highest BCUT2D eigenvalue weighted by atomic mass is 32.2. The molecule has 4 rings (SSSR count). The third-order valence-corrected chi connectivity index (χ3v) is 5.32. The average Bonchev–Trinajstić information content (AvgIpc) is 3.22. The minimum absolute atomic E-state index is 0.166. The van der Waals surface area contributed by atoms with E-state index in [9.17, 15) is 9.50 Å².